The molecule has 7 heteroatoms. The lowest BCUT2D eigenvalue weighted by Gasteiger charge is -2.17. The number of nitrogens with zero attached hydrogens (tertiary/aromatic N) is 4. The summed E-state index contributed by atoms with van der Waals surface area (Å²) in [5, 5.41) is 1.45. The number of hydrogen-bond acceptors (Lipinski definition) is 3. The fourth-order valence-corrected chi connectivity index (χ4v) is 5.02. The van der Waals surface area contributed by atoms with Crippen LogP contribution in [0, 0.1) is 13.8 Å². The number of likely N-dealkylation sites (N-methyl/N-ethyl adjacent to an activating group) is 1. The van der Waals surface area contributed by atoms with Crippen molar-refractivity contribution in [2.45, 2.75) is 33.2 Å². The van der Waals surface area contributed by atoms with Crippen LogP contribution in [-0.4, -0.2) is 51.4 Å². The molecule has 0 bridgehead atoms. The second-order valence-electron chi connectivity index (χ2n) is 9.10. The van der Waals surface area contributed by atoms with Crippen LogP contribution in [0.5, 0.6) is 0 Å². The number of para-hydroxylation sites is 1. The minimum atomic E-state index is -0.152. The summed E-state index contributed by atoms with van der Waals surface area (Å²) in [5.74, 6) is -0.0191. The van der Waals surface area contributed by atoms with E-state index in [1.165, 1.54) is 5.56 Å². The van der Waals surface area contributed by atoms with E-state index >= 15 is 0 Å². The summed E-state index contributed by atoms with van der Waals surface area (Å²) in [7, 11) is 1.82. The number of carbonyl (C=O) groups excluding carboxylic acids is 2. The smallest absolute Gasteiger partial charge is 0.281 e. The second kappa shape index (κ2) is 8.72. The number of likely N-dealkylation sites (tertiary alicyclic amines) is 1. The maximum atomic E-state index is 13.5. The van der Waals surface area contributed by atoms with Crippen LogP contribution in [0.1, 0.15) is 29.5 Å². The standard InChI is InChI=1S/C27H28N4O2S/c1-18-10-11-21(14-19(18)2)31-26(33)24(28(3)27(31)34)15-20-16-30(23-9-5-4-8-22(20)23)17-25(32)29-12-6-7-13-29/h4-5,8-11,14-16H,6-7,12-13,17H2,1-3H3/b24-15-. The topological polar surface area (TPSA) is 48.8 Å². The van der Waals surface area contributed by atoms with E-state index in [2.05, 4.69) is 0 Å². The van der Waals surface area contributed by atoms with Gasteiger partial charge in [0.25, 0.3) is 5.91 Å². The number of aromatic nitrogens is 1. The highest BCUT2D eigenvalue weighted by molar-refractivity contribution is 7.80. The van der Waals surface area contributed by atoms with Gasteiger partial charge in [-0.2, -0.15) is 0 Å². The zero-order chi connectivity index (χ0) is 24.0. The Balaban J connectivity index is 1.51. The number of amides is 2. The molecule has 2 saturated heterocycles. The van der Waals surface area contributed by atoms with Gasteiger partial charge in [-0.3, -0.25) is 14.5 Å². The molecule has 0 aliphatic carbocycles. The molecule has 5 rings (SSSR count). The summed E-state index contributed by atoms with van der Waals surface area (Å²) in [6.07, 6.45) is 5.99. The van der Waals surface area contributed by atoms with E-state index in [1.54, 1.807) is 9.80 Å². The van der Waals surface area contributed by atoms with Gasteiger partial charge in [-0.25, -0.2) is 0 Å². The third-order valence-electron chi connectivity index (χ3n) is 6.89. The molecule has 3 aromatic rings. The molecule has 6 nitrogen and oxygen atoms in total. The third-order valence-corrected chi connectivity index (χ3v) is 7.34. The first kappa shape index (κ1) is 22.3. The van der Waals surface area contributed by atoms with Crippen molar-refractivity contribution in [1.29, 1.82) is 0 Å². The lowest BCUT2D eigenvalue weighted by Crippen LogP contribution is -2.31. The van der Waals surface area contributed by atoms with Crippen LogP contribution in [0.15, 0.2) is 54.4 Å². The molecule has 1 aromatic heterocycles. The Bertz CT molecular complexity index is 1350. The fourth-order valence-electron chi connectivity index (χ4n) is 4.73. The summed E-state index contributed by atoms with van der Waals surface area (Å²) in [5.41, 5.74) is 5.43. The average molecular weight is 473 g/mol. The van der Waals surface area contributed by atoms with E-state index in [1.807, 2.05) is 85.1 Å². The number of aryl methyl sites for hydroxylation is 2. The zero-order valence-corrected chi connectivity index (χ0v) is 20.6. The Morgan fingerprint density at radius 3 is 2.53 bits per heavy atom. The van der Waals surface area contributed by atoms with Crippen LogP contribution in [-0.2, 0) is 16.1 Å². The highest BCUT2D eigenvalue weighted by Crippen LogP contribution is 2.31. The van der Waals surface area contributed by atoms with Gasteiger partial charge in [0.05, 0.1) is 5.69 Å². The van der Waals surface area contributed by atoms with Crippen LogP contribution >= 0.6 is 12.2 Å². The van der Waals surface area contributed by atoms with Gasteiger partial charge in [-0.1, -0.05) is 24.3 Å². The van der Waals surface area contributed by atoms with Crippen LogP contribution in [0.25, 0.3) is 17.0 Å². The summed E-state index contributed by atoms with van der Waals surface area (Å²) in [6, 6.07) is 13.9. The van der Waals surface area contributed by atoms with E-state index in [4.69, 9.17) is 12.2 Å². The zero-order valence-electron chi connectivity index (χ0n) is 19.7. The van der Waals surface area contributed by atoms with E-state index < -0.39 is 0 Å². The van der Waals surface area contributed by atoms with Gasteiger partial charge < -0.3 is 14.4 Å². The monoisotopic (exact) mass is 472 g/mol. The van der Waals surface area contributed by atoms with Gasteiger partial charge in [0, 0.05) is 42.8 Å². The lowest BCUT2D eigenvalue weighted by molar-refractivity contribution is -0.130. The molecule has 0 N–H and O–H groups in total. The van der Waals surface area contributed by atoms with Crippen molar-refractivity contribution in [1.82, 2.24) is 14.4 Å². The maximum Gasteiger partial charge on any atom is 0.281 e. The molecular formula is C27H28N4O2S. The van der Waals surface area contributed by atoms with Crippen molar-refractivity contribution >= 4 is 51.8 Å². The number of fused-ring (bicyclic) bond motifs is 1. The molecule has 0 spiro atoms. The number of thiocarbonyl (C=S) groups is 1. The number of hydrogen-bond donors (Lipinski definition) is 0. The Morgan fingerprint density at radius 2 is 1.79 bits per heavy atom. The maximum absolute atomic E-state index is 13.5. The van der Waals surface area contributed by atoms with E-state index in [9.17, 15) is 9.59 Å². The minimum Gasteiger partial charge on any atom is -0.341 e. The normalized spacial score (nSPS) is 17.6. The molecule has 174 valence electrons. The van der Waals surface area contributed by atoms with E-state index in [0.29, 0.717) is 17.4 Å². The Hall–Kier alpha value is -3.45. The van der Waals surface area contributed by atoms with Gasteiger partial charge >= 0.3 is 0 Å². The molecule has 3 heterocycles. The quantitative estimate of drug-likeness (QED) is 0.415. The predicted octanol–water partition coefficient (Wildman–Crippen LogP) is 4.48. The van der Waals surface area contributed by atoms with Gasteiger partial charge in [0.1, 0.15) is 12.2 Å². The molecule has 2 aliphatic heterocycles. The highest BCUT2D eigenvalue weighted by atomic mass is 32.1. The van der Waals surface area contributed by atoms with Crippen LogP contribution in [0.4, 0.5) is 5.69 Å². The molecule has 2 amide bonds. The second-order valence-corrected chi connectivity index (χ2v) is 9.46. The lowest BCUT2D eigenvalue weighted by atomic mass is 10.1. The summed E-state index contributed by atoms with van der Waals surface area (Å²) in [4.78, 5) is 31.6. The predicted molar refractivity (Wildman–Crippen MR) is 139 cm³/mol. The SMILES string of the molecule is Cc1ccc(N2C(=O)/C(=C/c3cn(CC(=O)N4CCCC4)c4ccccc34)N(C)C2=S)cc1C. The Morgan fingerprint density at radius 1 is 1.06 bits per heavy atom. The molecule has 0 radical (unpaired) electrons. The Labute approximate surface area is 205 Å². The van der Waals surface area contributed by atoms with Crippen molar-refractivity contribution in [2.24, 2.45) is 0 Å². The third kappa shape index (κ3) is 3.80. The van der Waals surface area contributed by atoms with Gasteiger partial charge in [0.2, 0.25) is 5.91 Å². The first-order valence-electron chi connectivity index (χ1n) is 11.6. The molecule has 2 aliphatic rings. The largest absolute Gasteiger partial charge is 0.341 e. The number of anilines is 1. The van der Waals surface area contributed by atoms with Crippen LogP contribution in [0.3, 0.4) is 0 Å². The molecule has 0 unspecified atom stereocenters. The number of benzene rings is 2. The molecule has 2 fully saturated rings. The summed E-state index contributed by atoms with van der Waals surface area (Å²) in [6.45, 7) is 6.03. The van der Waals surface area contributed by atoms with Gasteiger partial charge in [0.15, 0.2) is 5.11 Å². The fraction of sp³-hybridized carbons (Fsp3) is 0.296. The van der Waals surface area contributed by atoms with Gasteiger partial charge in [-0.05, 0) is 74.3 Å². The number of carbonyl (C=O) groups is 2. The first-order chi connectivity index (χ1) is 16.3. The van der Waals surface area contributed by atoms with Crippen molar-refractivity contribution in [3.8, 4) is 0 Å². The first-order valence-corrected chi connectivity index (χ1v) is 12.0. The highest BCUT2D eigenvalue weighted by Gasteiger charge is 2.37. The van der Waals surface area contributed by atoms with Crippen molar-refractivity contribution in [3.63, 3.8) is 0 Å². The van der Waals surface area contributed by atoms with Crippen molar-refractivity contribution in [2.75, 3.05) is 25.0 Å². The van der Waals surface area contributed by atoms with Crippen LogP contribution in [0.2, 0.25) is 0 Å². The molecule has 34 heavy (non-hydrogen) atoms. The van der Waals surface area contributed by atoms with E-state index in [-0.39, 0.29) is 11.8 Å². The van der Waals surface area contributed by atoms with E-state index in [0.717, 1.165) is 53.6 Å². The number of rotatable bonds is 4. The minimum absolute atomic E-state index is 0.133. The molecular weight excluding hydrogens is 444 g/mol. The van der Waals surface area contributed by atoms with Crippen molar-refractivity contribution < 1.29 is 9.59 Å². The summed E-state index contributed by atoms with van der Waals surface area (Å²) < 4.78 is 1.99. The molecule has 2 aromatic carbocycles. The average Bonchev–Trinajstić information content (AvgIpc) is 3.52. The van der Waals surface area contributed by atoms with Crippen molar-refractivity contribution in [3.05, 3.63) is 71.0 Å². The van der Waals surface area contributed by atoms with Gasteiger partial charge in [-0.15, -0.1) is 0 Å². The molecule has 0 saturated carbocycles. The summed E-state index contributed by atoms with van der Waals surface area (Å²) >= 11 is 5.65. The van der Waals surface area contributed by atoms with Crippen LogP contribution < -0.4 is 4.90 Å². The molecule has 0 atom stereocenters. The Kier molecular flexibility index (Phi) is 5.73.